The monoisotopic (exact) mass is 452 g/mol. The summed E-state index contributed by atoms with van der Waals surface area (Å²) in [4.78, 5) is 28.4. The average Bonchev–Trinajstić information content (AvgIpc) is 3.15. The molecule has 1 aromatic heterocycles. The molecule has 4 N–H and O–H groups in total. The number of amides is 1. The third-order valence-electron chi connectivity index (χ3n) is 5.42. The highest BCUT2D eigenvalue weighted by Crippen LogP contribution is 2.38. The molecule has 2 heterocycles. The molecule has 4 rings (SSSR count). The molecule has 1 amide bonds. The van der Waals surface area contributed by atoms with Crippen LogP contribution < -0.4 is 16.4 Å². The number of hydrogen-bond acceptors (Lipinski definition) is 6. The Morgan fingerprint density at radius 1 is 1.06 bits per heavy atom. The lowest BCUT2D eigenvalue weighted by atomic mass is 10.1. The third-order valence-corrected chi connectivity index (χ3v) is 6.58. The number of piperazine rings is 1. The standard InChI is InChI=1S/C24H25FN4O2S/c25-18-8-6-17(7-9-18)21(30)22-20(26)19(24(31)29-14-12-27-13-15-29)23(32-22)28-11-10-16-4-2-1-3-5-16/h1-9,27-28H,10-15,26H2. The van der Waals surface area contributed by atoms with Crippen molar-refractivity contribution in [3.8, 4) is 0 Å². The average molecular weight is 453 g/mol. The number of nitrogens with one attached hydrogen (secondary N) is 2. The Morgan fingerprint density at radius 2 is 1.75 bits per heavy atom. The molecule has 2 aromatic carbocycles. The van der Waals surface area contributed by atoms with Gasteiger partial charge >= 0.3 is 0 Å². The van der Waals surface area contributed by atoms with Gasteiger partial charge in [-0.05, 0) is 36.2 Å². The van der Waals surface area contributed by atoms with E-state index >= 15 is 0 Å². The minimum absolute atomic E-state index is 0.176. The van der Waals surface area contributed by atoms with E-state index in [1.165, 1.54) is 41.2 Å². The summed E-state index contributed by atoms with van der Waals surface area (Å²) in [5, 5.41) is 7.14. The lowest BCUT2D eigenvalue weighted by Crippen LogP contribution is -2.46. The number of carbonyl (C=O) groups excluding carboxylic acids is 2. The molecular weight excluding hydrogens is 427 g/mol. The maximum Gasteiger partial charge on any atom is 0.259 e. The number of benzene rings is 2. The van der Waals surface area contributed by atoms with Gasteiger partial charge in [-0.15, -0.1) is 11.3 Å². The molecule has 166 valence electrons. The predicted molar refractivity (Wildman–Crippen MR) is 126 cm³/mol. The fraction of sp³-hybridized carbons (Fsp3) is 0.250. The zero-order valence-corrected chi connectivity index (χ0v) is 18.4. The van der Waals surface area contributed by atoms with E-state index in [-0.39, 0.29) is 22.3 Å². The summed E-state index contributed by atoms with van der Waals surface area (Å²) in [5.41, 5.74) is 8.39. The smallest absolute Gasteiger partial charge is 0.259 e. The van der Waals surface area contributed by atoms with Crippen molar-refractivity contribution in [1.82, 2.24) is 10.2 Å². The van der Waals surface area contributed by atoms with E-state index in [0.29, 0.717) is 48.9 Å². The van der Waals surface area contributed by atoms with Crippen molar-refractivity contribution in [2.75, 3.05) is 43.8 Å². The van der Waals surface area contributed by atoms with Crippen LogP contribution in [0.1, 0.15) is 31.2 Å². The summed E-state index contributed by atoms with van der Waals surface area (Å²) in [7, 11) is 0. The van der Waals surface area contributed by atoms with Crippen LogP contribution in [0, 0.1) is 5.82 Å². The van der Waals surface area contributed by atoms with Crippen LogP contribution in [0.4, 0.5) is 15.1 Å². The maximum absolute atomic E-state index is 13.3. The quantitative estimate of drug-likeness (QED) is 0.479. The Labute approximate surface area is 190 Å². The molecule has 1 aliphatic rings. The number of nitrogens with zero attached hydrogens (tertiary/aromatic N) is 1. The number of halogens is 1. The Morgan fingerprint density at radius 3 is 2.44 bits per heavy atom. The van der Waals surface area contributed by atoms with Crippen molar-refractivity contribution in [3.63, 3.8) is 0 Å². The molecule has 3 aromatic rings. The van der Waals surface area contributed by atoms with Crippen molar-refractivity contribution >= 4 is 33.7 Å². The van der Waals surface area contributed by atoms with E-state index in [2.05, 4.69) is 10.6 Å². The highest BCUT2D eigenvalue weighted by molar-refractivity contribution is 7.19. The van der Waals surface area contributed by atoms with E-state index in [1.807, 2.05) is 30.3 Å². The highest BCUT2D eigenvalue weighted by atomic mass is 32.1. The Kier molecular flexibility index (Phi) is 6.82. The molecule has 0 saturated carbocycles. The summed E-state index contributed by atoms with van der Waals surface area (Å²) in [6.45, 7) is 3.19. The van der Waals surface area contributed by atoms with Crippen molar-refractivity contribution in [1.29, 1.82) is 0 Å². The van der Waals surface area contributed by atoms with Crippen LogP contribution in [-0.2, 0) is 6.42 Å². The lowest BCUT2D eigenvalue weighted by molar-refractivity contribution is 0.0738. The van der Waals surface area contributed by atoms with E-state index in [9.17, 15) is 14.0 Å². The van der Waals surface area contributed by atoms with Gasteiger partial charge in [-0.1, -0.05) is 30.3 Å². The molecule has 0 radical (unpaired) electrons. The number of nitrogen functional groups attached to an aromatic ring is 1. The summed E-state index contributed by atoms with van der Waals surface area (Å²) in [6, 6.07) is 15.4. The number of carbonyl (C=O) groups is 2. The SMILES string of the molecule is Nc1c(C(=O)c2ccc(F)cc2)sc(NCCc2ccccc2)c1C(=O)N1CCNCC1. The van der Waals surface area contributed by atoms with Crippen molar-refractivity contribution in [3.05, 3.63) is 82.0 Å². The largest absolute Gasteiger partial charge is 0.397 e. The molecule has 0 atom stereocenters. The summed E-state index contributed by atoms with van der Waals surface area (Å²) in [5.74, 6) is -0.919. The maximum atomic E-state index is 13.3. The summed E-state index contributed by atoms with van der Waals surface area (Å²) in [6.07, 6.45) is 0.765. The molecule has 1 saturated heterocycles. The van der Waals surface area contributed by atoms with Gasteiger partial charge in [0.05, 0.1) is 11.3 Å². The molecule has 1 aliphatic heterocycles. The third kappa shape index (κ3) is 4.81. The molecule has 1 fully saturated rings. The van der Waals surface area contributed by atoms with Gasteiger partial charge in [-0.25, -0.2) is 4.39 Å². The number of rotatable bonds is 7. The molecular formula is C24H25FN4O2S. The number of nitrogens with two attached hydrogens (primary N) is 1. The lowest BCUT2D eigenvalue weighted by Gasteiger charge is -2.27. The first-order chi connectivity index (χ1) is 15.5. The normalized spacial score (nSPS) is 13.7. The number of anilines is 2. The van der Waals surface area contributed by atoms with E-state index in [4.69, 9.17) is 5.73 Å². The molecule has 0 unspecified atom stereocenters. The predicted octanol–water partition coefficient (Wildman–Crippen LogP) is 3.40. The van der Waals surface area contributed by atoms with Crippen LogP contribution in [0.3, 0.4) is 0 Å². The topological polar surface area (TPSA) is 87.5 Å². The first-order valence-corrected chi connectivity index (χ1v) is 11.4. The summed E-state index contributed by atoms with van der Waals surface area (Å²) >= 11 is 1.18. The van der Waals surface area contributed by atoms with Crippen LogP contribution in [0.25, 0.3) is 0 Å². The molecule has 0 bridgehead atoms. The number of hydrogen-bond donors (Lipinski definition) is 3. The van der Waals surface area contributed by atoms with E-state index in [1.54, 1.807) is 4.90 Å². The fourth-order valence-corrected chi connectivity index (χ4v) is 4.77. The second-order valence-corrected chi connectivity index (χ2v) is 8.61. The van der Waals surface area contributed by atoms with Gasteiger partial charge in [-0.3, -0.25) is 9.59 Å². The fourth-order valence-electron chi connectivity index (χ4n) is 3.67. The van der Waals surface area contributed by atoms with Crippen LogP contribution in [0.2, 0.25) is 0 Å². The molecule has 6 nitrogen and oxygen atoms in total. The van der Waals surface area contributed by atoms with Crippen LogP contribution in [-0.4, -0.2) is 49.3 Å². The van der Waals surface area contributed by atoms with E-state index in [0.717, 1.165) is 6.42 Å². The molecule has 0 spiro atoms. The van der Waals surface area contributed by atoms with Gasteiger partial charge < -0.3 is 21.3 Å². The molecule has 0 aliphatic carbocycles. The van der Waals surface area contributed by atoms with Gasteiger partial charge in [0.25, 0.3) is 5.91 Å². The van der Waals surface area contributed by atoms with Crippen LogP contribution in [0.15, 0.2) is 54.6 Å². The zero-order valence-electron chi connectivity index (χ0n) is 17.6. The number of thiophene rings is 1. The zero-order chi connectivity index (χ0) is 22.5. The first kappa shape index (κ1) is 22.0. The molecule has 32 heavy (non-hydrogen) atoms. The van der Waals surface area contributed by atoms with Crippen LogP contribution >= 0.6 is 11.3 Å². The molecule has 8 heteroatoms. The van der Waals surface area contributed by atoms with Crippen molar-refractivity contribution < 1.29 is 14.0 Å². The minimum atomic E-state index is -0.418. The Bertz CT molecular complexity index is 1090. The second-order valence-electron chi connectivity index (χ2n) is 7.59. The van der Waals surface area contributed by atoms with Gasteiger partial charge in [0.15, 0.2) is 0 Å². The Hall–Kier alpha value is -3.23. The number of ketones is 1. The minimum Gasteiger partial charge on any atom is -0.397 e. The van der Waals surface area contributed by atoms with Crippen molar-refractivity contribution in [2.24, 2.45) is 0 Å². The van der Waals surface area contributed by atoms with Crippen molar-refractivity contribution in [2.45, 2.75) is 6.42 Å². The van der Waals surface area contributed by atoms with Gasteiger partial charge in [-0.2, -0.15) is 0 Å². The van der Waals surface area contributed by atoms with Gasteiger partial charge in [0.2, 0.25) is 5.78 Å². The first-order valence-electron chi connectivity index (χ1n) is 10.5. The Balaban J connectivity index is 1.62. The van der Waals surface area contributed by atoms with Crippen LogP contribution in [0.5, 0.6) is 0 Å². The van der Waals surface area contributed by atoms with Gasteiger partial charge in [0, 0.05) is 38.3 Å². The van der Waals surface area contributed by atoms with Gasteiger partial charge in [0.1, 0.15) is 15.7 Å². The highest BCUT2D eigenvalue weighted by Gasteiger charge is 2.29. The summed E-state index contributed by atoms with van der Waals surface area (Å²) < 4.78 is 13.3. The van der Waals surface area contributed by atoms with E-state index < -0.39 is 5.82 Å². The second kappa shape index (κ2) is 9.93.